The topological polar surface area (TPSA) is 41.6 Å². The molecule has 0 unspecified atom stereocenters. The van der Waals surface area contributed by atoms with Gasteiger partial charge in [0.2, 0.25) is 0 Å². The van der Waals surface area contributed by atoms with Crippen LogP contribution >= 0.6 is 11.6 Å². The first-order valence-electron chi connectivity index (χ1n) is 5.95. The highest BCUT2D eigenvalue weighted by Gasteiger charge is 2.27. The lowest BCUT2D eigenvalue weighted by molar-refractivity contribution is 0.0740. The van der Waals surface area contributed by atoms with Gasteiger partial charge in [-0.1, -0.05) is 17.7 Å². The number of hydrogen-bond donors (Lipinski definition) is 1. The van der Waals surface area contributed by atoms with Gasteiger partial charge in [0.15, 0.2) is 0 Å². The van der Waals surface area contributed by atoms with Crippen molar-refractivity contribution in [1.29, 1.82) is 0 Å². The summed E-state index contributed by atoms with van der Waals surface area (Å²) in [6, 6.07) is 5.45. The summed E-state index contributed by atoms with van der Waals surface area (Å²) in [6.45, 7) is 1.77. The summed E-state index contributed by atoms with van der Waals surface area (Å²) in [5, 5.41) is 3.67. The molecule has 1 aromatic rings. The van der Waals surface area contributed by atoms with E-state index >= 15 is 0 Å². The molecule has 1 atom stereocenters. The summed E-state index contributed by atoms with van der Waals surface area (Å²) in [5.74, 6) is 0.427. The molecule has 1 N–H and O–H groups in total. The van der Waals surface area contributed by atoms with Gasteiger partial charge in [0.1, 0.15) is 11.3 Å². The normalized spacial score (nSPS) is 18.7. The number of ether oxygens (including phenoxy) is 1. The molecule has 98 valence electrons. The Morgan fingerprint density at radius 2 is 2.33 bits per heavy atom. The average molecular weight is 269 g/mol. The van der Waals surface area contributed by atoms with Crippen LogP contribution in [0.25, 0.3) is 0 Å². The Balaban J connectivity index is 2.27. The van der Waals surface area contributed by atoms with Crippen molar-refractivity contribution < 1.29 is 9.53 Å². The number of carbonyl (C=O) groups excluding carboxylic acids is 1. The van der Waals surface area contributed by atoms with Gasteiger partial charge in [-0.15, -0.1) is 0 Å². The van der Waals surface area contributed by atoms with Gasteiger partial charge in [-0.25, -0.2) is 0 Å². The molecule has 0 aliphatic carbocycles. The molecule has 0 bridgehead atoms. The van der Waals surface area contributed by atoms with Crippen molar-refractivity contribution in [3.63, 3.8) is 0 Å². The van der Waals surface area contributed by atoms with Gasteiger partial charge >= 0.3 is 0 Å². The summed E-state index contributed by atoms with van der Waals surface area (Å²) in [4.78, 5) is 14.2. The highest BCUT2D eigenvalue weighted by atomic mass is 35.5. The maximum Gasteiger partial charge on any atom is 0.259 e. The van der Waals surface area contributed by atoms with E-state index in [2.05, 4.69) is 5.32 Å². The summed E-state index contributed by atoms with van der Waals surface area (Å²) >= 11 is 6.11. The van der Waals surface area contributed by atoms with Crippen LogP contribution in [0.15, 0.2) is 18.2 Å². The number of nitrogens with zero attached hydrogens (tertiary/aromatic N) is 1. The molecule has 1 aliphatic heterocycles. The smallest absolute Gasteiger partial charge is 0.259 e. The fraction of sp³-hybridized carbons (Fsp3) is 0.462. The Bertz CT molecular complexity index is 445. The van der Waals surface area contributed by atoms with Gasteiger partial charge in [-0.05, 0) is 25.1 Å². The number of amides is 1. The van der Waals surface area contributed by atoms with Gasteiger partial charge in [0.05, 0.1) is 12.1 Å². The van der Waals surface area contributed by atoms with E-state index in [9.17, 15) is 4.79 Å². The number of benzene rings is 1. The average Bonchev–Trinajstić information content (AvgIpc) is 2.90. The molecule has 0 saturated carbocycles. The first-order valence-corrected chi connectivity index (χ1v) is 6.33. The van der Waals surface area contributed by atoms with Gasteiger partial charge in [0, 0.05) is 19.6 Å². The van der Waals surface area contributed by atoms with Crippen molar-refractivity contribution in [3.8, 4) is 5.75 Å². The van der Waals surface area contributed by atoms with E-state index in [4.69, 9.17) is 16.3 Å². The number of rotatable bonds is 3. The Labute approximate surface area is 112 Å². The van der Waals surface area contributed by atoms with Crippen LogP contribution < -0.4 is 10.1 Å². The van der Waals surface area contributed by atoms with E-state index in [-0.39, 0.29) is 11.9 Å². The van der Waals surface area contributed by atoms with E-state index in [0.29, 0.717) is 16.3 Å². The molecule has 5 heteroatoms. The second kappa shape index (κ2) is 5.59. The Morgan fingerprint density at radius 1 is 1.56 bits per heavy atom. The second-order valence-corrected chi connectivity index (χ2v) is 4.79. The SMILES string of the molecule is COc1cccc(Cl)c1C(=O)N(C)[C@@H]1CCNC1. The van der Waals surface area contributed by atoms with Crippen LogP contribution in [0.3, 0.4) is 0 Å². The molecule has 18 heavy (non-hydrogen) atoms. The van der Waals surface area contributed by atoms with Crippen LogP contribution in [0.1, 0.15) is 16.8 Å². The number of halogens is 1. The minimum absolute atomic E-state index is 0.0915. The predicted molar refractivity (Wildman–Crippen MR) is 71.4 cm³/mol. The minimum atomic E-state index is -0.0915. The molecule has 1 aromatic carbocycles. The Morgan fingerprint density at radius 3 is 2.94 bits per heavy atom. The zero-order valence-electron chi connectivity index (χ0n) is 10.6. The van der Waals surface area contributed by atoms with Crippen LogP contribution in [0.5, 0.6) is 5.75 Å². The highest BCUT2D eigenvalue weighted by molar-refractivity contribution is 6.34. The number of carbonyl (C=O) groups is 1. The quantitative estimate of drug-likeness (QED) is 0.909. The Kier molecular flexibility index (Phi) is 4.09. The summed E-state index contributed by atoms with van der Waals surface area (Å²) < 4.78 is 5.21. The van der Waals surface area contributed by atoms with Crippen LogP contribution in [-0.2, 0) is 0 Å². The van der Waals surface area contributed by atoms with Crippen molar-refractivity contribution in [3.05, 3.63) is 28.8 Å². The maximum atomic E-state index is 12.5. The molecule has 2 rings (SSSR count). The minimum Gasteiger partial charge on any atom is -0.496 e. The molecular weight excluding hydrogens is 252 g/mol. The van der Waals surface area contributed by atoms with Crippen molar-refractivity contribution in [2.24, 2.45) is 0 Å². The lowest BCUT2D eigenvalue weighted by atomic mass is 10.1. The van der Waals surface area contributed by atoms with Crippen LogP contribution in [-0.4, -0.2) is 44.1 Å². The third kappa shape index (κ3) is 2.44. The van der Waals surface area contributed by atoms with Gasteiger partial charge in [-0.2, -0.15) is 0 Å². The van der Waals surface area contributed by atoms with E-state index in [1.165, 1.54) is 0 Å². The molecule has 1 fully saturated rings. The molecule has 1 heterocycles. The monoisotopic (exact) mass is 268 g/mol. The van der Waals surface area contributed by atoms with Crippen LogP contribution in [0.4, 0.5) is 0 Å². The van der Waals surface area contributed by atoms with Crippen molar-refractivity contribution >= 4 is 17.5 Å². The molecule has 1 saturated heterocycles. The molecule has 1 aliphatic rings. The fourth-order valence-electron chi connectivity index (χ4n) is 2.19. The van der Waals surface area contributed by atoms with E-state index < -0.39 is 0 Å². The first kappa shape index (κ1) is 13.2. The van der Waals surface area contributed by atoms with E-state index in [1.54, 1.807) is 30.2 Å². The molecule has 1 amide bonds. The summed E-state index contributed by atoms with van der Waals surface area (Å²) in [6.07, 6.45) is 0.967. The van der Waals surface area contributed by atoms with Gasteiger partial charge in [0.25, 0.3) is 5.91 Å². The third-order valence-electron chi connectivity index (χ3n) is 3.31. The van der Waals surface area contributed by atoms with Crippen molar-refractivity contribution in [2.45, 2.75) is 12.5 Å². The third-order valence-corrected chi connectivity index (χ3v) is 3.63. The number of likely N-dealkylation sites (N-methyl/N-ethyl adjacent to an activating group) is 1. The zero-order valence-corrected chi connectivity index (χ0v) is 11.3. The summed E-state index contributed by atoms with van der Waals surface area (Å²) in [7, 11) is 3.35. The molecular formula is C13H17ClN2O2. The molecule has 0 radical (unpaired) electrons. The van der Waals surface area contributed by atoms with Crippen molar-refractivity contribution in [2.75, 3.05) is 27.2 Å². The van der Waals surface area contributed by atoms with Crippen LogP contribution in [0.2, 0.25) is 5.02 Å². The standard InChI is InChI=1S/C13H17ClN2O2/c1-16(9-6-7-15-8-9)13(17)12-10(14)4-3-5-11(12)18-2/h3-5,9,15H,6-8H2,1-2H3/t9-/m1/s1. The predicted octanol–water partition coefficient (Wildman–Crippen LogP) is 1.78. The van der Waals surface area contributed by atoms with Crippen molar-refractivity contribution in [1.82, 2.24) is 10.2 Å². The molecule has 0 aromatic heterocycles. The van der Waals surface area contributed by atoms with Gasteiger partial charge < -0.3 is 15.0 Å². The maximum absolute atomic E-state index is 12.5. The molecule has 0 spiro atoms. The van der Waals surface area contributed by atoms with Crippen LogP contribution in [0, 0.1) is 0 Å². The largest absolute Gasteiger partial charge is 0.496 e. The second-order valence-electron chi connectivity index (χ2n) is 4.38. The number of methoxy groups -OCH3 is 1. The number of nitrogens with one attached hydrogen (secondary N) is 1. The Hall–Kier alpha value is -1.26. The fourth-order valence-corrected chi connectivity index (χ4v) is 2.44. The van der Waals surface area contributed by atoms with Gasteiger partial charge in [-0.3, -0.25) is 4.79 Å². The highest BCUT2D eigenvalue weighted by Crippen LogP contribution is 2.28. The molecule has 4 nitrogen and oxygen atoms in total. The van der Waals surface area contributed by atoms with E-state index in [0.717, 1.165) is 19.5 Å². The van der Waals surface area contributed by atoms with E-state index in [1.807, 2.05) is 7.05 Å². The lowest BCUT2D eigenvalue weighted by Gasteiger charge is -2.25. The lowest BCUT2D eigenvalue weighted by Crippen LogP contribution is -2.38. The number of hydrogen-bond acceptors (Lipinski definition) is 3. The summed E-state index contributed by atoms with van der Waals surface area (Å²) in [5.41, 5.74) is 0.441. The zero-order chi connectivity index (χ0) is 13.1. The first-order chi connectivity index (χ1) is 8.65.